The van der Waals surface area contributed by atoms with E-state index in [1.807, 2.05) is 0 Å². The Kier molecular flexibility index (Phi) is 4.79. The van der Waals surface area contributed by atoms with Crippen LogP contribution in [0.3, 0.4) is 0 Å². The molecule has 6 heteroatoms. The molecule has 4 nitrogen and oxygen atoms in total. The first kappa shape index (κ1) is 17.1. The molecule has 0 spiro atoms. The van der Waals surface area contributed by atoms with Crippen molar-refractivity contribution in [2.45, 2.75) is 25.7 Å². The van der Waals surface area contributed by atoms with Gasteiger partial charge in [0.25, 0.3) is 0 Å². The Hall–Kier alpha value is -2.76. The predicted octanol–water partition coefficient (Wildman–Crippen LogP) is 2.98. The molecule has 1 aliphatic rings. The van der Waals surface area contributed by atoms with Gasteiger partial charge in [-0.15, -0.1) is 0 Å². The van der Waals surface area contributed by atoms with Crippen LogP contribution in [-0.4, -0.2) is 18.4 Å². The van der Waals surface area contributed by atoms with Gasteiger partial charge in [0.15, 0.2) is 11.6 Å². The molecule has 2 N–H and O–H groups in total. The molecular formula is C19H18F2N2O2. The topological polar surface area (TPSA) is 63.4 Å². The molecular weight excluding hydrogens is 326 g/mol. The number of amides is 2. The molecule has 2 aromatic carbocycles. The molecule has 0 unspecified atom stereocenters. The number of aryl methyl sites for hydroxylation is 1. The minimum atomic E-state index is -0.917. The first-order chi connectivity index (χ1) is 12.0. The van der Waals surface area contributed by atoms with Crippen LogP contribution in [0.4, 0.5) is 14.5 Å². The first-order valence-electron chi connectivity index (χ1n) is 8.13. The Morgan fingerprint density at radius 3 is 2.64 bits per heavy atom. The van der Waals surface area contributed by atoms with E-state index >= 15 is 0 Å². The molecule has 1 heterocycles. The fourth-order valence-electron chi connectivity index (χ4n) is 3.20. The van der Waals surface area contributed by atoms with Gasteiger partial charge in [-0.1, -0.05) is 12.1 Å². The third kappa shape index (κ3) is 3.52. The van der Waals surface area contributed by atoms with E-state index in [1.165, 1.54) is 6.07 Å². The molecule has 2 amide bonds. The lowest BCUT2D eigenvalue weighted by Gasteiger charge is -2.30. The van der Waals surface area contributed by atoms with Gasteiger partial charge in [0, 0.05) is 24.2 Å². The third-order valence-electron chi connectivity index (χ3n) is 4.43. The summed E-state index contributed by atoms with van der Waals surface area (Å²) in [5.41, 5.74) is 7.92. The second-order valence-corrected chi connectivity index (χ2v) is 6.06. The van der Waals surface area contributed by atoms with Crippen molar-refractivity contribution in [1.29, 1.82) is 0 Å². The molecule has 0 radical (unpaired) electrons. The average molecular weight is 344 g/mol. The highest BCUT2D eigenvalue weighted by molar-refractivity contribution is 6.00. The number of fused-ring (bicyclic) bond motifs is 1. The lowest BCUT2D eigenvalue weighted by atomic mass is 9.95. The molecule has 0 fully saturated rings. The van der Waals surface area contributed by atoms with Crippen LogP contribution in [0.2, 0.25) is 0 Å². The Bertz CT molecular complexity index is 836. The molecule has 25 heavy (non-hydrogen) atoms. The van der Waals surface area contributed by atoms with Gasteiger partial charge < -0.3 is 10.6 Å². The van der Waals surface area contributed by atoms with Gasteiger partial charge in [-0.05, 0) is 54.7 Å². The van der Waals surface area contributed by atoms with Gasteiger partial charge in [0.1, 0.15) is 0 Å². The number of hydrogen-bond donors (Lipinski definition) is 1. The fourth-order valence-corrected chi connectivity index (χ4v) is 3.20. The normalized spacial score (nSPS) is 13.4. The smallest absolute Gasteiger partial charge is 0.249 e. The zero-order valence-electron chi connectivity index (χ0n) is 13.6. The SMILES string of the molecule is NC(=O)c1cccc2c1CCCN2C(=O)CCc1ccc(F)c(F)c1. The molecule has 0 atom stereocenters. The summed E-state index contributed by atoms with van der Waals surface area (Å²) in [7, 11) is 0. The van der Waals surface area contributed by atoms with Crippen molar-refractivity contribution >= 4 is 17.5 Å². The van der Waals surface area contributed by atoms with Crippen LogP contribution < -0.4 is 10.6 Å². The van der Waals surface area contributed by atoms with Gasteiger partial charge in [-0.2, -0.15) is 0 Å². The number of anilines is 1. The summed E-state index contributed by atoms with van der Waals surface area (Å²) in [4.78, 5) is 25.8. The summed E-state index contributed by atoms with van der Waals surface area (Å²) in [5, 5.41) is 0. The summed E-state index contributed by atoms with van der Waals surface area (Å²) in [6.45, 7) is 0.561. The van der Waals surface area contributed by atoms with E-state index in [1.54, 1.807) is 23.1 Å². The van der Waals surface area contributed by atoms with Gasteiger partial charge in [0.05, 0.1) is 0 Å². The first-order valence-corrected chi connectivity index (χ1v) is 8.13. The average Bonchev–Trinajstić information content (AvgIpc) is 2.61. The molecule has 0 aromatic heterocycles. The van der Waals surface area contributed by atoms with Gasteiger partial charge in [0.2, 0.25) is 11.8 Å². The van der Waals surface area contributed by atoms with Crippen LogP contribution >= 0.6 is 0 Å². The van der Waals surface area contributed by atoms with Gasteiger partial charge in [-0.3, -0.25) is 9.59 Å². The fraction of sp³-hybridized carbons (Fsp3) is 0.263. The molecule has 0 aliphatic carbocycles. The lowest BCUT2D eigenvalue weighted by molar-refractivity contribution is -0.118. The minimum absolute atomic E-state index is 0.118. The molecule has 0 saturated heterocycles. The van der Waals surface area contributed by atoms with Crippen LogP contribution in [0.1, 0.15) is 34.3 Å². The highest BCUT2D eigenvalue weighted by atomic mass is 19.2. The number of rotatable bonds is 4. The minimum Gasteiger partial charge on any atom is -0.366 e. The van der Waals surface area contributed by atoms with Crippen molar-refractivity contribution in [3.8, 4) is 0 Å². The predicted molar refractivity (Wildman–Crippen MR) is 90.3 cm³/mol. The Balaban J connectivity index is 1.77. The maximum Gasteiger partial charge on any atom is 0.249 e. The molecule has 1 aliphatic heterocycles. The van der Waals surface area contributed by atoms with E-state index < -0.39 is 17.5 Å². The number of carbonyl (C=O) groups is 2. The van der Waals surface area contributed by atoms with Crippen molar-refractivity contribution in [1.82, 2.24) is 0 Å². The summed E-state index contributed by atoms with van der Waals surface area (Å²) in [6, 6.07) is 8.82. The summed E-state index contributed by atoms with van der Waals surface area (Å²) in [6.07, 6.45) is 1.93. The van der Waals surface area contributed by atoms with Crippen LogP contribution in [0.25, 0.3) is 0 Å². The highest BCUT2D eigenvalue weighted by Gasteiger charge is 2.25. The summed E-state index contributed by atoms with van der Waals surface area (Å²) >= 11 is 0. The zero-order valence-corrected chi connectivity index (χ0v) is 13.6. The molecule has 0 saturated carbocycles. The van der Waals surface area contributed by atoms with Crippen LogP contribution in [0.15, 0.2) is 36.4 Å². The second-order valence-electron chi connectivity index (χ2n) is 6.06. The van der Waals surface area contributed by atoms with Crippen molar-refractivity contribution in [3.05, 3.63) is 64.7 Å². The van der Waals surface area contributed by atoms with E-state index in [2.05, 4.69) is 0 Å². The summed E-state index contributed by atoms with van der Waals surface area (Å²) in [5.74, 6) is -2.45. The van der Waals surface area contributed by atoms with Gasteiger partial charge >= 0.3 is 0 Å². The third-order valence-corrected chi connectivity index (χ3v) is 4.43. The highest BCUT2D eigenvalue weighted by Crippen LogP contribution is 2.30. The maximum atomic E-state index is 13.3. The van der Waals surface area contributed by atoms with Crippen molar-refractivity contribution in [2.24, 2.45) is 5.73 Å². The van der Waals surface area contributed by atoms with E-state index in [9.17, 15) is 18.4 Å². The Morgan fingerprint density at radius 1 is 1.12 bits per heavy atom. The number of carbonyl (C=O) groups excluding carboxylic acids is 2. The van der Waals surface area contributed by atoms with Gasteiger partial charge in [-0.25, -0.2) is 8.78 Å². The van der Waals surface area contributed by atoms with Crippen LogP contribution in [-0.2, 0) is 17.6 Å². The maximum absolute atomic E-state index is 13.3. The van der Waals surface area contributed by atoms with Crippen LogP contribution in [0.5, 0.6) is 0 Å². The largest absolute Gasteiger partial charge is 0.366 e. The standard InChI is InChI=1S/C19H18F2N2O2/c20-15-8-6-12(11-16(15)21)7-9-18(24)23-10-2-4-13-14(19(22)25)3-1-5-17(13)23/h1,3,5-6,8,11H,2,4,7,9-10H2,(H2,22,25). The van der Waals surface area contributed by atoms with E-state index in [0.717, 1.165) is 24.1 Å². The quantitative estimate of drug-likeness (QED) is 0.927. The van der Waals surface area contributed by atoms with Crippen molar-refractivity contribution in [2.75, 3.05) is 11.4 Å². The van der Waals surface area contributed by atoms with Crippen molar-refractivity contribution < 1.29 is 18.4 Å². The number of benzene rings is 2. The molecule has 130 valence electrons. The molecule has 0 bridgehead atoms. The summed E-state index contributed by atoms with van der Waals surface area (Å²) < 4.78 is 26.2. The van der Waals surface area contributed by atoms with Crippen molar-refractivity contribution in [3.63, 3.8) is 0 Å². The zero-order chi connectivity index (χ0) is 18.0. The monoisotopic (exact) mass is 344 g/mol. The molecule has 3 rings (SSSR count). The number of nitrogens with two attached hydrogens (primary N) is 1. The Morgan fingerprint density at radius 2 is 1.92 bits per heavy atom. The van der Waals surface area contributed by atoms with E-state index in [0.29, 0.717) is 36.2 Å². The van der Waals surface area contributed by atoms with E-state index in [-0.39, 0.29) is 12.3 Å². The number of hydrogen-bond acceptors (Lipinski definition) is 2. The molecule has 2 aromatic rings. The lowest BCUT2D eigenvalue weighted by Crippen LogP contribution is -2.36. The Labute approximate surface area is 144 Å². The number of halogens is 2. The number of primary amides is 1. The van der Waals surface area contributed by atoms with E-state index in [4.69, 9.17) is 5.73 Å². The second kappa shape index (κ2) is 7.01. The number of nitrogens with zero attached hydrogens (tertiary/aromatic N) is 1. The van der Waals surface area contributed by atoms with Crippen LogP contribution in [0, 0.1) is 11.6 Å².